The Hall–Kier alpha value is -3.12. The summed E-state index contributed by atoms with van der Waals surface area (Å²) in [5.41, 5.74) is 7.21. The lowest BCUT2D eigenvalue weighted by Gasteiger charge is -1.99. The predicted molar refractivity (Wildman–Crippen MR) is 82.7 cm³/mol. The fraction of sp³-hybridized carbons (Fsp3) is 0. The molecule has 0 radical (unpaired) electrons. The molecule has 1 heterocycles. The van der Waals surface area contributed by atoms with Crippen molar-refractivity contribution < 1.29 is 4.79 Å². The molecule has 0 aliphatic heterocycles. The molecule has 100 valence electrons. The van der Waals surface area contributed by atoms with Crippen LogP contribution in [0.5, 0.6) is 0 Å². The lowest BCUT2D eigenvalue weighted by Crippen LogP contribution is -2.11. The standard InChI is InChI=1S/C18H12N2O/c19-18(21)16-10-13(11-20-12-16)8-9-15-6-3-5-14-4-1-2-7-17(14)15/h1-7,10-12H,(H2,19,21). The van der Waals surface area contributed by atoms with E-state index < -0.39 is 5.91 Å². The third-order valence-electron chi connectivity index (χ3n) is 3.15. The van der Waals surface area contributed by atoms with Crippen LogP contribution in [0, 0.1) is 11.8 Å². The summed E-state index contributed by atoms with van der Waals surface area (Å²) in [7, 11) is 0. The SMILES string of the molecule is NC(=O)c1cncc(C#Cc2cccc3ccccc23)c1. The quantitative estimate of drug-likeness (QED) is 0.692. The second kappa shape index (κ2) is 5.48. The highest BCUT2D eigenvalue weighted by Gasteiger charge is 2.01. The number of hydrogen-bond donors (Lipinski definition) is 1. The van der Waals surface area contributed by atoms with Crippen LogP contribution in [0.1, 0.15) is 21.5 Å². The van der Waals surface area contributed by atoms with E-state index in [9.17, 15) is 4.79 Å². The van der Waals surface area contributed by atoms with Crippen LogP contribution in [0.2, 0.25) is 0 Å². The van der Waals surface area contributed by atoms with Crippen LogP contribution in [0.25, 0.3) is 10.8 Å². The van der Waals surface area contributed by atoms with Crippen molar-refractivity contribution in [3.05, 3.63) is 77.6 Å². The smallest absolute Gasteiger partial charge is 0.250 e. The van der Waals surface area contributed by atoms with Crippen LogP contribution < -0.4 is 5.73 Å². The van der Waals surface area contributed by atoms with E-state index in [0.717, 1.165) is 16.3 Å². The van der Waals surface area contributed by atoms with Gasteiger partial charge in [-0.1, -0.05) is 48.2 Å². The Kier molecular flexibility index (Phi) is 3.36. The van der Waals surface area contributed by atoms with Gasteiger partial charge in [0.1, 0.15) is 0 Å². The molecule has 1 amide bonds. The number of benzene rings is 2. The van der Waals surface area contributed by atoms with Gasteiger partial charge in [-0.2, -0.15) is 0 Å². The average Bonchev–Trinajstić information content (AvgIpc) is 2.53. The number of amides is 1. The first-order valence-electron chi connectivity index (χ1n) is 6.49. The van der Waals surface area contributed by atoms with Crippen LogP contribution in [-0.2, 0) is 0 Å². The van der Waals surface area contributed by atoms with Crippen molar-refractivity contribution in [2.75, 3.05) is 0 Å². The molecule has 3 aromatic rings. The molecule has 2 aromatic carbocycles. The van der Waals surface area contributed by atoms with Gasteiger partial charge in [-0.05, 0) is 22.9 Å². The molecular weight excluding hydrogens is 260 g/mol. The van der Waals surface area contributed by atoms with E-state index in [1.807, 2.05) is 30.3 Å². The maximum atomic E-state index is 11.1. The van der Waals surface area contributed by atoms with Gasteiger partial charge in [-0.15, -0.1) is 0 Å². The summed E-state index contributed by atoms with van der Waals surface area (Å²) in [6.07, 6.45) is 3.05. The molecule has 2 N–H and O–H groups in total. The highest BCUT2D eigenvalue weighted by atomic mass is 16.1. The van der Waals surface area contributed by atoms with Crippen molar-refractivity contribution in [2.45, 2.75) is 0 Å². The minimum atomic E-state index is -0.503. The molecule has 3 heteroatoms. The number of carbonyl (C=O) groups is 1. The Bertz CT molecular complexity index is 883. The zero-order valence-corrected chi connectivity index (χ0v) is 11.2. The lowest BCUT2D eigenvalue weighted by atomic mass is 10.0. The molecule has 1 aromatic heterocycles. The third kappa shape index (κ3) is 2.75. The molecule has 0 bridgehead atoms. The summed E-state index contributed by atoms with van der Waals surface area (Å²) in [4.78, 5) is 15.1. The summed E-state index contributed by atoms with van der Waals surface area (Å²) >= 11 is 0. The van der Waals surface area contributed by atoms with Gasteiger partial charge in [0.2, 0.25) is 5.91 Å². The number of hydrogen-bond acceptors (Lipinski definition) is 2. The van der Waals surface area contributed by atoms with Crippen LogP contribution in [0.3, 0.4) is 0 Å². The summed E-state index contributed by atoms with van der Waals surface area (Å²) in [5, 5.41) is 2.25. The molecule has 0 saturated carbocycles. The summed E-state index contributed by atoms with van der Waals surface area (Å²) < 4.78 is 0. The van der Waals surface area contributed by atoms with Gasteiger partial charge < -0.3 is 5.73 Å². The summed E-state index contributed by atoms with van der Waals surface area (Å²) in [6, 6.07) is 15.7. The zero-order chi connectivity index (χ0) is 14.7. The Labute approximate surface area is 122 Å². The molecule has 0 spiro atoms. The third-order valence-corrected chi connectivity index (χ3v) is 3.15. The van der Waals surface area contributed by atoms with Crippen LogP contribution in [0.4, 0.5) is 0 Å². The first kappa shape index (κ1) is 12.9. The Morgan fingerprint density at radius 2 is 1.81 bits per heavy atom. The molecule has 3 nitrogen and oxygen atoms in total. The lowest BCUT2D eigenvalue weighted by molar-refractivity contribution is 0.1000. The number of aromatic nitrogens is 1. The summed E-state index contributed by atoms with van der Waals surface area (Å²) in [5.74, 6) is 5.65. The van der Waals surface area contributed by atoms with Crippen molar-refractivity contribution in [1.82, 2.24) is 4.98 Å². The normalized spacial score (nSPS) is 9.90. The number of primary amides is 1. The second-order valence-electron chi connectivity index (χ2n) is 4.60. The van der Waals surface area contributed by atoms with Gasteiger partial charge in [0.05, 0.1) is 5.56 Å². The Morgan fingerprint density at radius 1 is 1.00 bits per heavy atom. The molecule has 0 atom stereocenters. The van der Waals surface area contributed by atoms with E-state index in [4.69, 9.17) is 5.73 Å². The molecule has 21 heavy (non-hydrogen) atoms. The fourth-order valence-electron chi connectivity index (χ4n) is 2.12. The molecule has 0 saturated heterocycles. The Morgan fingerprint density at radius 3 is 2.67 bits per heavy atom. The molecule has 3 rings (SSSR count). The molecule has 0 aliphatic rings. The van der Waals surface area contributed by atoms with Gasteiger partial charge in [-0.3, -0.25) is 9.78 Å². The van der Waals surface area contributed by atoms with Crippen molar-refractivity contribution in [3.8, 4) is 11.8 Å². The van der Waals surface area contributed by atoms with E-state index >= 15 is 0 Å². The van der Waals surface area contributed by atoms with Crippen LogP contribution >= 0.6 is 0 Å². The highest BCUT2D eigenvalue weighted by molar-refractivity contribution is 5.92. The van der Waals surface area contributed by atoms with E-state index in [1.54, 1.807) is 12.3 Å². The van der Waals surface area contributed by atoms with Crippen LogP contribution in [0.15, 0.2) is 60.9 Å². The van der Waals surface area contributed by atoms with Crippen LogP contribution in [-0.4, -0.2) is 10.9 Å². The molecule has 0 unspecified atom stereocenters. The summed E-state index contributed by atoms with van der Waals surface area (Å²) in [6.45, 7) is 0. The number of carbonyl (C=O) groups excluding carboxylic acids is 1. The van der Waals surface area contributed by atoms with Gasteiger partial charge in [0.25, 0.3) is 0 Å². The molecular formula is C18H12N2O. The van der Waals surface area contributed by atoms with Gasteiger partial charge in [0.15, 0.2) is 0 Å². The van der Waals surface area contributed by atoms with E-state index in [-0.39, 0.29) is 0 Å². The number of pyridine rings is 1. The second-order valence-corrected chi connectivity index (χ2v) is 4.60. The number of nitrogens with two attached hydrogens (primary N) is 1. The van der Waals surface area contributed by atoms with Crippen molar-refractivity contribution in [1.29, 1.82) is 0 Å². The number of fused-ring (bicyclic) bond motifs is 1. The van der Waals surface area contributed by atoms with Gasteiger partial charge in [-0.25, -0.2) is 0 Å². The highest BCUT2D eigenvalue weighted by Crippen LogP contribution is 2.17. The zero-order valence-electron chi connectivity index (χ0n) is 11.2. The average molecular weight is 272 g/mol. The molecule has 0 fully saturated rings. The van der Waals surface area contributed by atoms with Crippen molar-refractivity contribution in [2.24, 2.45) is 5.73 Å². The van der Waals surface area contributed by atoms with E-state index in [1.165, 1.54) is 6.20 Å². The largest absolute Gasteiger partial charge is 0.366 e. The fourth-order valence-corrected chi connectivity index (χ4v) is 2.12. The van der Waals surface area contributed by atoms with Gasteiger partial charge in [0, 0.05) is 23.5 Å². The minimum Gasteiger partial charge on any atom is -0.366 e. The number of rotatable bonds is 1. The number of nitrogens with zero attached hydrogens (tertiary/aromatic N) is 1. The Balaban J connectivity index is 2.04. The van der Waals surface area contributed by atoms with Crippen molar-refractivity contribution >= 4 is 16.7 Å². The first-order chi connectivity index (χ1) is 10.2. The molecule has 0 aliphatic carbocycles. The predicted octanol–water partition coefficient (Wildman–Crippen LogP) is 2.73. The maximum Gasteiger partial charge on any atom is 0.250 e. The topological polar surface area (TPSA) is 56.0 Å². The maximum absolute atomic E-state index is 11.1. The van der Waals surface area contributed by atoms with Gasteiger partial charge >= 0.3 is 0 Å². The monoisotopic (exact) mass is 272 g/mol. The first-order valence-corrected chi connectivity index (χ1v) is 6.49. The van der Waals surface area contributed by atoms with Crippen molar-refractivity contribution in [3.63, 3.8) is 0 Å². The van der Waals surface area contributed by atoms with E-state index in [2.05, 4.69) is 29.0 Å². The van der Waals surface area contributed by atoms with E-state index in [0.29, 0.717) is 11.1 Å². The minimum absolute atomic E-state index is 0.361.